The van der Waals surface area contributed by atoms with E-state index in [0.29, 0.717) is 52.3 Å². The summed E-state index contributed by atoms with van der Waals surface area (Å²) in [6, 6.07) is 6.06. The van der Waals surface area contributed by atoms with E-state index in [1.807, 2.05) is 12.1 Å². The van der Waals surface area contributed by atoms with Crippen molar-refractivity contribution in [3.8, 4) is 51.7 Å². The van der Waals surface area contributed by atoms with Crippen LogP contribution in [-0.4, -0.2) is 87.0 Å². The Labute approximate surface area is 329 Å². The van der Waals surface area contributed by atoms with Gasteiger partial charge in [-0.15, -0.1) is 0 Å². The van der Waals surface area contributed by atoms with Gasteiger partial charge in [-0.05, 0) is 112 Å². The summed E-state index contributed by atoms with van der Waals surface area (Å²) in [6.45, 7) is 16.0. The second-order valence-electron chi connectivity index (χ2n) is 17.3. The molecular weight excluding hydrogens is 695 g/mol. The van der Waals surface area contributed by atoms with E-state index in [-0.39, 0.29) is 35.4 Å². The van der Waals surface area contributed by atoms with Gasteiger partial charge in [0.2, 0.25) is 17.2 Å². The first-order chi connectivity index (χ1) is 26.2. The van der Waals surface area contributed by atoms with E-state index >= 15 is 0 Å². The maximum absolute atomic E-state index is 12.4. The van der Waals surface area contributed by atoms with Crippen LogP contribution in [0.15, 0.2) is 18.2 Å². The summed E-state index contributed by atoms with van der Waals surface area (Å²) >= 11 is 0. The fourth-order valence-corrected chi connectivity index (χ4v) is 9.10. The molecule has 3 aliphatic heterocycles. The fourth-order valence-electron chi connectivity index (χ4n) is 9.10. The van der Waals surface area contributed by atoms with E-state index in [2.05, 4.69) is 83.5 Å². The second-order valence-corrected chi connectivity index (χ2v) is 17.3. The number of ether oxygens (including phenoxy) is 5. The maximum atomic E-state index is 12.4. The average molecular weight is 760 g/mol. The van der Waals surface area contributed by atoms with Crippen LogP contribution in [0.3, 0.4) is 0 Å². The molecule has 0 bridgehead atoms. The molecule has 0 aliphatic carbocycles. The van der Waals surface area contributed by atoms with E-state index in [0.717, 1.165) is 91.5 Å². The van der Waals surface area contributed by atoms with E-state index in [1.165, 1.54) is 0 Å². The van der Waals surface area contributed by atoms with Gasteiger partial charge < -0.3 is 33.9 Å². The molecule has 0 aromatic heterocycles. The third-order valence-corrected chi connectivity index (χ3v) is 12.0. The topological polar surface area (TPSA) is 96.3 Å². The van der Waals surface area contributed by atoms with Gasteiger partial charge in [-0.1, -0.05) is 41.5 Å². The summed E-state index contributed by atoms with van der Waals surface area (Å²) in [5.74, 6) is 3.88. The van der Waals surface area contributed by atoms with Gasteiger partial charge in [-0.2, -0.15) is 0 Å². The van der Waals surface area contributed by atoms with Crippen molar-refractivity contribution >= 4 is 0 Å². The van der Waals surface area contributed by atoms with Crippen LogP contribution >= 0.6 is 0 Å². The van der Waals surface area contributed by atoms with Gasteiger partial charge in [0.05, 0.1) is 21.3 Å². The minimum absolute atomic E-state index is 0.00281. The molecule has 0 saturated heterocycles. The number of nitrogens with zero attached hydrogens (tertiary/aromatic N) is 3. The Balaban J connectivity index is 1.64. The molecule has 2 N–H and O–H groups in total. The first-order valence-electron chi connectivity index (χ1n) is 20.2. The molecule has 0 radical (unpaired) electrons. The highest BCUT2D eigenvalue weighted by atomic mass is 16.6. The van der Waals surface area contributed by atoms with E-state index in [4.69, 9.17) is 23.7 Å². The second kappa shape index (κ2) is 16.7. The van der Waals surface area contributed by atoms with Crippen LogP contribution in [-0.2, 0) is 19.3 Å². The number of methoxy groups -OCH3 is 3. The maximum Gasteiger partial charge on any atom is 0.212 e. The van der Waals surface area contributed by atoms with Gasteiger partial charge in [0.1, 0.15) is 0 Å². The number of phenols is 2. The first kappa shape index (κ1) is 40.8. The zero-order chi connectivity index (χ0) is 39.9. The van der Waals surface area contributed by atoms with E-state index in [1.54, 1.807) is 21.3 Å². The van der Waals surface area contributed by atoms with Crippen molar-refractivity contribution in [1.82, 2.24) is 14.7 Å². The Kier molecular flexibility index (Phi) is 12.4. The minimum Gasteiger partial charge on any atom is -0.504 e. The third kappa shape index (κ3) is 7.92. The number of benzene rings is 3. The Morgan fingerprint density at radius 1 is 0.509 bits per heavy atom. The van der Waals surface area contributed by atoms with Crippen molar-refractivity contribution in [2.75, 3.05) is 62.1 Å². The van der Waals surface area contributed by atoms with Crippen LogP contribution in [0, 0.1) is 17.8 Å². The minimum atomic E-state index is -0.0688. The lowest BCUT2D eigenvalue weighted by atomic mass is 9.85. The zero-order valence-corrected chi connectivity index (χ0v) is 35.3. The summed E-state index contributed by atoms with van der Waals surface area (Å²) in [4.78, 5) is 7.05. The predicted molar refractivity (Wildman–Crippen MR) is 218 cm³/mol. The zero-order valence-electron chi connectivity index (χ0n) is 35.3. The van der Waals surface area contributed by atoms with Crippen LogP contribution in [0.5, 0.6) is 51.7 Å². The molecule has 0 amide bonds. The summed E-state index contributed by atoms with van der Waals surface area (Å²) in [6.07, 6.45) is 5.00. The molecule has 55 heavy (non-hydrogen) atoms. The Bertz CT molecular complexity index is 1860. The molecular formula is C45H65N3O7. The molecule has 0 unspecified atom stereocenters. The molecule has 3 atom stereocenters. The number of hydrogen-bond acceptors (Lipinski definition) is 10. The van der Waals surface area contributed by atoms with Crippen LogP contribution in [0.2, 0.25) is 0 Å². The fraction of sp³-hybridized carbons (Fsp3) is 0.600. The van der Waals surface area contributed by atoms with Gasteiger partial charge in [-0.3, -0.25) is 14.7 Å². The van der Waals surface area contributed by atoms with Crippen LogP contribution in [0.25, 0.3) is 0 Å². The molecule has 0 saturated carbocycles. The molecule has 3 aromatic carbocycles. The SMILES string of the molecule is COc1cc2c(c(Oc3c(OC)cc4c(c3Oc3c(OC)cc5c(c3O)[C@H](CC(C)C)N(C)CC5)[C@@H](CC(C)C)N(C)CC4)c1O)[C@H](CC(C)C)N(C)CC2. The van der Waals surface area contributed by atoms with Gasteiger partial charge in [0.15, 0.2) is 34.5 Å². The number of fused-ring (bicyclic) bond motifs is 3. The molecule has 6 rings (SSSR count). The van der Waals surface area contributed by atoms with Crippen molar-refractivity contribution in [3.05, 3.63) is 51.6 Å². The Morgan fingerprint density at radius 2 is 0.873 bits per heavy atom. The lowest BCUT2D eigenvalue weighted by Crippen LogP contribution is -2.34. The number of phenolic OH excluding ortho intramolecular Hbond substituents is 2. The predicted octanol–water partition coefficient (Wildman–Crippen LogP) is 9.43. The quantitative estimate of drug-likeness (QED) is 0.176. The molecule has 3 heterocycles. The average Bonchev–Trinajstić information content (AvgIpc) is 3.13. The van der Waals surface area contributed by atoms with Crippen molar-refractivity contribution in [2.24, 2.45) is 17.8 Å². The van der Waals surface area contributed by atoms with Crippen LogP contribution in [0.4, 0.5) is 0 Å². The highest BCUT2D eigenvalue weighted by molar-refractivity contribution is 5.69. The molecule has 302 valence electrons. The van der Waals surface area contributed by atoms with Crippen molar-refractivity contribution in [2.45, 2.75) is 98.2 Å². The number of aromatic hydroxyl groups is 2. The van der Waals surface area contributed by atoms with Crippen LogP contribution < -0.4 is 23.7 Å². The van der Waals surface area contributed by atoms with Gasteiger partial charge in [-0.25, -0.2) is 0 Å². The van der Waals surface area contributed by atoms with Crippen molar-refractivity contribution < 1.29 is 33.9 Å². The molecule has 0 fully saturated rings. The van der Waals surface area contributed by atoms with Gasteiger partial charge >= 0.3 is 0 Å². The molecule has 10 nitrogen and oxygen atoms in total. The normalized spacial score (nSPS) is 20.4. The highest BCUT2D eigenvalue weighted by Gasteiger charge is 2.39. The number of hydrogen-bond donors (Lipinski definition) is 2. The third-order valence-electron chi connectivity index (χ3n) is 12.0. The molecule has 0 spiro atoms. The highest BCUT2D eigenvalue weighted by Crippen LogP contribution is 2.58. The number of likely N-dealkylation sites (N-methyl/N-ethyl adjacent to an activating group) is 3. The van der Waals surface area contributed by atoms with Crippen molar-refractivity contribution in [1.29, 1.82) is 0 Å². The summed E-state index contributed by atoms with van der Waals surface area (Å²) in [5.41, 5.74) is 6.06. The van der Waals surface area contributed by atoms with E-state index in [9.17, 15) is 10.2 Å². The number of rotatable bonds is 13. The smallest absolute Gasteiger partial charge is 0.212 e. The molecule has 3 aromatic rings. The monoisotopic (exact) mass is 759 g/mol. The summed E-state index contributed by atoms with van der Waals surface area (Å²) in [5, 5.41) is 24.4. The van der Waals surface area contributed by atoms with Crippen LogP contribution in [0.1, 0.15) is 112 Å². The summed E-state index contributed by atoms with van der Waals surface area (Å²) in [7, 11) is 11.2. The Morgan fingerprint density at radius 3 is 1.31 bits per heavy atom. The lowest BCUT2D eigenvalue weighted by Gasteiger charge is -2.39. The Hall–Kier alpha value is -3.86. The van der Waals surface area contributed by atoms with Gasteiger partial charge in [0.25, 0.3) is 0 Å². The van der Waals surface area contributed by atoms with Crippen molar-refractivity contribution in [3.63, 3.8) is 0 Å². The summed E-state index contributed by atoms with van der Waals surface area (Å²) < 4.78 is 32.3. The lowest BCUT2D eigenvalue weighted by molar-refractivity contribution is 0.191. The van der Waals surface area contributed by atoms with E-state index < -0.39 is 0 Å². The van der Waals surface area contributed by atoms with Gasteiger partial charge in [0, 0.05) is 54.5 Å². The molecule has 10 heteroatoms. The largest absolute Gasteiger partial charge is 0.504 e. The molecule has 3 aliphatic rings. The first-order valence-corrected chi connectivity index (χ1v) is 20.2. The standard InChI is InChI=1S/C45H65N3O7/c1-25(2)19-31-37-28(13-16-46(31)7)23-35(52-11)42(41(37)50)54-45-39-30(15-18-48(9)33(39)21-27(5)6)24-36(53-12)43(45)55-44-38-29(22-34(51-10)40(44)49)14-17-47(8)32(38)20-26(3)4/h22-27,31-33,49-50H,13-21H2,1-12H3/t31-,32-,33+/m0/s1.